The Morgan fingerprint density at radius 2 is 2.00 bits per heavy atom. The highest BCUT2D eigenvalue weighted by atomic mass is 16.2. The number of nitrogens with one attached hydrogen (secondary N) is 1. The minimum Gasteiger partial charge on any atom is -0.357 e. The quantitative estimate of drug-likeness (QED) is 0.904. The predicted molar refractivity (Wildman–Crippen MR) is 84.7 cm³/mol. The second-order valence-electron chi connectivity index (χ2n) is 6.88. The molecule has 0 saturated carbocycles. The third-order valence-corrected chi connectivity index (χ3v) is 4.05. The van der Waals surface area contributed by atoms with Crippen LogP contribution < -0.4 is 5.32 Å². The van der Waals surface area contributed by atoms with Crippen molar-refractivity contribution in [2.24, 2.45) is 0 Å². The zero-order valence-corrected chi connectivity index (χ0v) is 14.1. The first-order chi connectivity index (χ1) is 10.3. The molecule has 2 rings (SSSR count). The molecule has 6 heteroatoms. The maximum Gasteiger partial charge on any atom is 0.275 e. The van der Waals surface area contributed by atoms with Gasteiger partial charge in [0.15, 0.2) is 5.69 Å². The highest BCUT2D eigenvalue weighted by molar-refractivity contribution is 5.96. The summed E-state index contributed by atoms with van der Waals surface area (Å²) in [7, 11) is 1.61. The van der Waals surface area contributed by atoms with E-state index in [0.717, 1.165) is 18.5 Å². The van der Waals surface area contributed by atoms with Crippen molar-refractivity contribution in [2.75, 3.05) is 13.6 Å². The highest BCUT2D eigenvalue weighted by Gasteiger charge is 2.33. The smallest absolute Gasteiger partial charge is 0.275 e. The lowest BCUT2D eigenvalue weighted by Crippen LogP contribution is -2.51. The van der Waals surface area contributed by atoms with Crippen LogP contribution >= 0.6 is 0 Å². The Bertz CT molecular complexity index is 571. The van der Waals surface area contributed by atoms with E-state index in [4.69, 9.17) is 0 Å². The molecule has 0 bridgehead atoms. The summed E-state index contributed by atoms with van der Waals surface area (Å²) in [6.45, 7) is 8.71. The minimum absolute atomic E-state index is 0.0972. The highest BCUT2D eigenvalue weighted by Crippen LogP contribution is 2.22. The van der Waals surface area contributed by atoms with Crippen LogP contribution in [0.25, 0.3) is 0 Å². The standard InChI is InChI=1S/C16H26N4O2/c1-11-10-12(18-20(11)16(2,3)4)15(22)19-9-7-6-8-13(19)14(21)17-5/h10,13H,6-9H2,1-5H3,(H,17,21)/t13-/m0/s1. The van der Waals surface area contributed by atoms with Gasteiger partial charge in [-0.25, -0.2) is 0 Å². The number of aryl methyl sites for hydroxylation is 1. The number of nitrogens with zero attached hydrogens (tertiary/aromatic N) is 3. The molecule has 22 heavy (non-hydrogen) atoms. The normalized spacial score (nSPS) is 19.1. The molecule has 1 fully saturated rings. The number of rotatable bonds is 2. The fraction of sp³-hybridized carbons (Fsp3) is 0.688. The Morgan fingerprint density at radius 3 is 2.55 bits per heavy atom. The number of hydrogen-bond donors (Lipinski definition) is 1. The Labute approximate surface area is 131 Å². The maximum atomic E-state index is 12.8. The number of amides is 2. The topological polar surface area (TPSA) is 67.2 Å². The van der Waals surface area contributed by atoms with Gasteiger partial charge >= 0.3 is 0 Å². The van der Waals surface area contributed by atoms with Gasteiger partial charge in [0.05, 0.1) is 5.54 Å². The fourth-order valence-electron chi connectivity index (χ4n) is 3.02. The van der Waals surface area contributed by atoms with E-state index in [0.29, 0.717) is 18.7 Å². The summed E-state index contributed by atoms with van der Waals surface area (Å²) in [5.41, 5.74) is 1.19. The molecule has 1 aromatic heterocycles. The van der Waals surface area contributed by atoms with E-state index in [2.05, 4.69) is 31.2 Å². The number of likely N-dealkylation sites (N-methyl/N-ethyl adjacent to an activating group) is 1. The molecule has 1 aliphatic rings. The molecule has 1 aromatic rings. The van der Waals surface area contributed by atoms with Crippen LogP contribution in [0, 0.1) is 6.92 Å². The zero-order valence-electron chi connectivity index (χ0n) is 14.1. The molecule has 0 aromatic carbocycles. The van der Waals surface area contributed by atoms with Gasteiger partial charge in [-0.05, 0) is 53.0 Å². The van der Waals surface area contributed by atoms with E-state index < -0.39 is 0 Å². The lowest BCUT2D eigenvalue weighted by Gasteiger charge is -2.33. The van der Waals surface area contributed by atoms with E-state index in [-0.39, 0.29) is 23.4 Å². The SMILES string of the molecule is CNC(=O)[C@@H]1CCCCN1C(=O)c1cc(C)n(C(C)(C)C)n1. The largest absolute Gasteiger partial charge is 0.357 e. The van der Waals surface area contributed by atoms with Crippen LogP contribution in [0.2, 0.25) is 0 Å². The number of likely N-dealkylation sites (tertiary alicyclic amines) is 1. The van der Waals surface area contributed by atoms with Crippen LogP contribution in [-0.2, 0) is 10.3 Å². The Balaban J connectivity index is 2.28. The minimum atomic E-state index is -0.383. The van der Waals surface area contributed by atoms with Crippen LogP contribution in [0.4, 0.5) is 0 Å². The summed E-state index contributed by atoms with van der Waals surface area (Å²) in [6, 6.07) is 1.43. The summed E-state index contributed by atoms with van der Waals surface area (Å²) in [6.07, 6.45) is 2.61. The number of piperidine rings is 1. The molecule has 1 N–H and O–H groups in total. The summed E-state index contributed by atoms with van der Waals surface area (Å²) in [5, 5.41) is 7.12. The van der Waals surface area contributed by atoms with E-state index in [1.807, 2.05) is 17.7 Å². The third kappa shape index (κ3) is 3.15. The summed E-state index contributed by atoms with van der Waals surface area (Å²) >= 11 is 0. The van der Waals surface area contributed by atoms with Crippen molar-refractivity contribution < 1.29 is 9.59 Å². The Morgan fingerprint density at radius 1 is 1.32 bits per heavy atom. The number of carbonyl (C=O) groups is 2. The van der Waals surface area contributed by atoms with Crippen molar-refractivity contribution >= 4 is 11.8 Å². The molecule has 0 unspecified atom stereocenters. The first kappa shape index (κ1) is 16.5. The van der Waals surface area contributed by atoms with E-state index >= 15 is 0 Å². The fourth-order valence-corrected chi connectivity index (χ4v) is 3.02. The van der Waals surface area contributed by atoms with Crippen molar-refractivity contribution in [3.8, 4) is 0 Å². The van der Waals surface area contributed by atoms with E-state index in [1.54, 1.807) is 11.9 Å². The molecule has 6 nitrogen and oxygen atoms in total. The van der Waals surface area contributed by atoms with Gasteiger partial charge in [-0.1, -0.05) is 0 Å². The average molecular weight is 306 g/mol. The van der Waals surface area contributed by atoms with Gasteiger partial charge in [0.25, 0.3) is 5.91 Å². The van der Waals surface area contributed by atoms with Crippen LogP contribution in [0.5, 0.6) is 0 Å². The van der Waals surface area contributed by atoms with Crippen molar-refractivity contribution in [1.29, 1.82) is 0 Å². The second-order valence-corrected chi connectivity index (χ2v) is 6.88. The Hall–Kier alpha value is -1.85. The van der Waals surface area contributed by atoms with Gasteiger partial charge in [0, 0.05) is 19.3 Å². The van der Waals surface area contributed by atoms with Crippen LogP contribution in [0.1, 0.15) is 56.2 Å². The molecular formula is C16H26N4O2. The lowest BCUT2D eigenvalue weighted by molar-refractivity contribution is -0.126. The molecule has 122 valence electrons. The summed E-state index contributed by atoms with van der Waals surface area (Å²) in [4.78, 5) is 26.5. The molecule has 0 radical (unpaired) electrons. The Kier molecular flexibility index (Phi) is 4.58. The molecule has 0 aliphatic carbocycles. The number of aromatic nitrogens is 2. The molecular weight excluding hydrogens is 280 g/mol. The summed E-state index contributed by atoms with van der Waals surface area (Å²) in [5.74, 6) is -0.251. The first-order valence-corrected chi connectivity index (χ1v) is 7.85. The van der Waals surface area contributed by atoms with Gasteiger partial charge in [-0.2, -0.15) is 5.10 Å². The zero-order chi connectivity index (χ0) is 16.5. The van der Waals surface area contributed by atoms with Crippen LogP contribution in [-0.4, -0.2) is 46.1 Å². The molecule has 1 saturated heterocycles. The van der Waals surface area contributed by atoms with E-state index in [9.17, 15) is 9.59 Å². The third-order valence-electron chi connectivity index (χ3n) is 4.05. The first-order valence-electron chi connectivity index (χ1n) is 7.85. The van der Waals surface area contributed by atoms with Crippen LogP contribution in [0.3, 0.4) is 0 Å². The average Bonchev–Trinajstić information content (AvgIpc) is 2.87. The molecule has 2 amide bonds. The predicted octanol–water partition coefficient (Wildman–Crippen LogP) is 1.69. The monoisotopic (exact) mass is 306 g/mol. The van der Waals surface area contributed by atoms with Gasteiger partial charge in [0.2, 0.25) is 5.91 Å². The van der Waals surface area contributed by atoms with Crippen LogP contribution in [0.15, 0.2) is 6.07 Å². The van der Waals surface area contributed by atoms with Crippen molar-refractivity contribution in [3.63, 3.8) is 0 Å². The molecule has 2 heterocycles. The van der Waals surface area contributed by atoms with Crippen molar-refractivity contribution in [1.82, 2.24) is 20.0 Å². The second kappa shape index (κ2) is 6.10. The molecule has 0 spiro atoms. The lowest BCUT2D eigenvalue weighted by atomic mass is 10.0. The summed E-state index contributed by atoms with van der Waals surface area (Å²) < 4.78 is 1.86. The molecule has 1 aliphatic heterocycles. The number of carbonyl (C=O) groups excluding carboxylic acids is 2. The van der Waals surface area contributed by atoms with Gasteiger partial charge < -0.3 is 10.2 Å². The molecule has 1 atom stereocenters. The van der Waals surface area contributed by atoms with Gasteiger partial charge in [-0.15, -0.1) is 0 Å². The van der Waals surface area contributed by atoms with Gasteiger partial charge in [-0.3, -0.25) is 14.3 Å². The van der Waals surface area contributed by atoms with E-state index in [1.165, 1.54) is 0 Å². The van der Waals surface area contributed by atoms with Gasteiger partial charge in [0.1, 0.15) is 6.04 Å². The van der Waals surface area contributed by atoms with Crippen molar-refractivity contribution in [2.45, 2.75) is 58.5 Å². The number of hydrogen-bond acceptors (Lipinski definition) is 3. The van der Waals surface area contributed by atoms with Crippen molar-refractivity contribution in [3.05, 3.63) is 17.5 Å². The maximum absolute atomic E-state index is 12.8.